The van der Waals surface area contributed by atoms with Gasteiger partial charge in [-0.25, -0.2) is 9.78 Å². The van der Waals surface area contributed by atoms with Gasteiger partial charge in [-0.1, -0.05) is 30.7 Å². The van der Waals surface area contributed by atoms with Crippen LogP contribution in [0.4, 0.5) is 18.0 Å². The summed E-state index contributed by atoms with van der Waals surface area (Å²) in [5.41, 5.74) is 0.173. The van der Waals surface area contributed by atoms with Gasteiger partial charge in [0, 0.05) is 19.5 Å². The Morgan fingerprint density at radius 2 is 1.84 bits per heavy atom. The van der Waals surface area contributed by atoms with E-state index >= 15 is 0 Å². The number of benzene rings is 1. The fraction of sp³-hybridized carbons (Fsp3) is 0.545. The van der Waals surface area contributed by atoms with E-state index < -0.39 is 23.4 Å². The number of hydrogen-bond donors (Lipinski definition) is 0. The second kappa shape index (κ2) is 8.73. The van der Waals surface area contributed by atoms with Gasteiger partial charge in [0.2, 0.25) is 0 Å². The molecule has 0 radical (unpaired) electrons. The summed E-state index contributed by atoms with van der Waals surface area (Å²) in [5.74, 6) is 0.850. The van der Waals surface area contributed by atoms with E-state index in [0.29, 0.717) is 37.5 Å². The molecule has 1 aliphatic heterocycles. The zero-order valence-electron chi connectivity index (χ0n) is 18.1. The molecule has 9 heteroatoms. The number of carbonyl (C=O) groups excluding carboxylic acids is 1. The molecular formula is C22H27ClF3N3O2. The number of halogens is 4. The fourth-order valence-corrected chi connectivity index (χ4v) is 4.15. The molecule has 0 saturated heterocycles. The van der Waals surface area contributed by atoms with Gasteiger partial charge in [0.15, 0.2) is 5.15 Å². The van der Waals surface area contributed by atoms with Crippen LogP contribution in [-0.2, 0) is 30.3 Å². The van der Waals surface area contributed by atoms with Crippen LogP contribution < -0.4 is 0 Å². The third-order valence-electron chi connectivity index (χ3n) is 5.23. The Kier molecular flexibility index (Phi) is 6.60. The van der Waals surface area contributed by atoms with Crippen LogP contribution in [0.2, 0.25) is 5.15 Å². The minimum absolute atomic E-state index is 0.350. The standard InChI is InChI=1S/C22H27ClF3N3O2/c1-5-17-27-19(23)18-16(11-8-14-6-9-15(10-7-14)22(24,25)26)28(12-13-29(17)18)20(30)31-21(2,3)4/h6-7,9-10,16H,5,8,11-13H2,1-4H3. The molecule has 3 rings (SSSR count). The van der Waals surface area contributed by atoms with E-state index in [1.165, 1.54) is 12.1 Å². The third kappa shape index (κ3) is 5.34. The first-order valence-corrected chi connectivity index (χ1v) is 10.7. The van der Waals surface area contributed by atoms with E-state index in [9.17, 15) is 18.0 Å². The number of aromatic nitrogens is 2. The number of rotatable bonds is 4. The number of fused-ring (bicyclic) bond motifs is 1. The molecule has 0 aliphatic carbocycles. The normalized spacial score (nSPS) is 16.9. The van der Waals surface area contributed by atoms with Crippen molar-refractivity contribution in [1.82, 2.24) is 14.5 Å². The number of hydrogen-bond acceptors (Lipinski definition) is 3. The lowest BCUT2D eigenvalue weighted by molar-refractivity contribution is -0.137. The van der Waals surface area contributed by atoms with Crippen molar-refractivity contribution in [2.45, 2.75) is 71.3 Å². The van der Waals surface area contributed by atoms with Crippen molar-refractivity contribution < 1.29 is 22.7 Å². The topological polar surface area (TPSA) is 47.4 Å². The van der Waals surface area contributed by atoms with Crippen molar-refractivity contribution in [1.29, 1.82) is 0 Å². The Morgan fingerprint density at radius 3 is 2.39 bits per heavy atom. The van der Waals surface area contributed by atoms with Crippen LogP contribution in [-0.4, -0.2) is 32.7 Å². The summed E-state index contributed by atoms with van der Waals surface area (Å²) >= 11 is 6.46. The fourth-order valence-electron chi connectivity index (χ4n) is 3.82. The second-order valence-electron chi connectivity index (χ2n) is 8.63. The maximum atomic E-state index is 12.9. The van der Waals surface area contributed by atoms with Gasteiger partial charge in [0.05, 0.1) is 17.3 Å². The predicted molar refractivity (Wildman–Crippen MR) is 112 cm³/mol. The molecule has 0 N–H and O–H groups in total. The molecule has 1 aromatic heterocycles. The van der Waals surface area contributed by atoms with Crippen LogP contribution in [0, 0.1) is 0 Å². The van der Waals surface area contributed by atoms with E-state index in [2.05, 4.69) is 4.98 Å². The highest BCUT2D eigenvalue weighted by atomic mass is 35.5. The summed E-state index contributed by atoms with van der Waals surface area (Å²) in [7, 11) is 0. The van der Waals surface area contributed by atoms with Gasteiger partial charge >= 0.3 is 12.3 Å². The maximum absolute atomic E-state index is 12.9. The van der Waals surface area contributed by atoms with Gasteiger partial charge < -0.3 is 9.30 Å². The molecule has 1 aromatic carbocycles. The van der Waals surface area contributed by atoms with Crippen molar-refractivity contribution in [2.75, 3.05) is 6.54 Å². The number of alkyl halides is 3. The van der Waals surface area contributed by atoms with Gasteiger partial charge in [-0.3, -0.25) is 4.90 Å². The molecule has 0 fully saturated rings. The molecular weight excluding hydrogens is 431 g/mol. The van der Waals surface area contributed by atoms with Crippen LogP contribution in [0.15, 0.2) is 24.3 Å². The lowest BCUT2D eigenvalue weighted by Gasteiger charge is -2.38. The Bertz CT molecular complexity index is 933. The first-order chi connectivity index (χ1) is 14.4. The summed E-state index contributed by atoms with van der Waals surface area (Å²) in [6, 6.07) is 4.72. The summed E-state index contributed by atoms with van der Waals surface area (Å²) in [5, 5.41) is 0.350. The molecule has 2 heterocycles. The Labute approximate surface area is 185 Å². The summed E-state index contributed by atoms with van der Waals surface area (Å²) < 4.78 is 46.1. The van der Waals surface area contributed by atoms with Gasteiger partial charge in [-0.2, -0.15) is 13.2 Å². The lowest BCUT2D eigenvalue weighted by Crippen LogP contribution is -2.45. The molecule has 1 amide bonds. The number of imidazole rings is 1. The molecule has 0 spiro atoms. The van der Waals surface area contributed by atoms with Crippen LogP contribution in [0.3, 0.4) is 0 Å². The molecule has 0 bridgehead atoms. The minimum atomic E-state index is -4.37. The average Bonchev–Trinajstić information content (AvgIpc) is 3.00. The number of nitrogens with zero attached hydrogens (tertiary/aromatic N) is 3. The third-order valence-corrected chi connectivity index (χ3v) is 5.51. The minimum Gasteiger partial charge on any atom is -0.444 e. The van der Waals surface area contributed by atoms with E-state index in [1.54, 1.807) is 25.7 Å². The van der Waals surface area contributed by atoms with Crippen molar-refractivity contribution in [2.24, 2.45) is 0 Å². The molecule has 5 nitrogen and oxygen atoms in total. The Balaban J connectivity index is 1.87. The summed E-state index contributed by atoms with van der Waals surface area (Å²) in [4.78, 5) is 19.0. The number of amides is 1. The van der Waals surface area contributed by atoms with E-state index in [1.807, 2.05) is 11.5 Å². The molecule has 170 valence electrons. The highest BCUT2D eigenvalue weighted by Crippen LogP contribution is 2.37. The summed E-state index contributed by atoms with van der Waals surface area (Å²) in [6.07, 6.45) is -3.14. The molecule has 1 aliphatic rings. The van der Waals surface area contributed by atoms with Crippen molar-refractivity contribution in [3.8, 4) is 0 Å². The average molecular weight is 458 g/mol. The summed E-state index contributed by atoms with van der Waals surface area (Å²) in [6.45, 7) is 8.41. The molecule has 2 aromatic rings. The van der Waals surface area contributed by atoms with Crippen LogP contribution in [0.25, 0.3) is 0 Å². The number of aryl methyl sites for hydroxylation is 2. The first-order valence-electron chi connectivity index (χ1n) is 10.3. The zero-order valence-corrected chi connectivity index (χ0v) is 18.8. The second-order valence-corrected chi connectivity index (χ2v) is 8.99. The van der Waals surface area contributed by atoms with Crippen molar-refractivity contribution in [3.63, 3.8) is 0 Å². The van der Waals surface area contributed by atoms with Crippen LogP contribution in [0.5, 0.6) is 0 Å². The lowest BCUT2D eigenvalue weighted by atomic mass is 9.99. The van der Waals surface area contributed by atoms with E-state index in [0.717, 1.165) is 29.2 Å². The predicted octanol–water partition coefficient (Wildman–Crippen LogP) is 6.04. The highest BCUT2D eigenvalue weighted by molar-refractivity contribution is 6.30. The van der Waals surface area contributed by atoms with Crippen LogP contribution >= 0.6 is 11.6 Å². The van der Waals surface area contributed by atoms with Gasteiger partial charge in [0.25, 0.3) is 0 Å². The van der Waals surface area contributed by atoms with E-state index in [-0.39, 0.29) is 6.04 Å². The zero-order chi connectivity index (χ0) is 23.0. The quantitative estimate of drug-likeness (QED) is 0.562. The monoisotopic (exact) mass is 457 g/mol. The van der Waals surface area contributed by atoms with E-state index in [4.69, 9.17) is 16.3 Å². The number of ether oxygens (including phenoxy) is 1. The largest absolute Gasteiger partial charge is 0.444 e. The molecule has 1 atom stereocenters. The Hall–Kier alpha value is -2.22. The molecule has 1 unspecified atom stereocenters. The van der Waals surface area contributed by atoms with Gasteiger partial charge in [-0.15, -0.1) is 0 Å². The van der Waals surface area contributed by atoms with Crippen molar-refractivity contribution >= 4 is 17.7 Å². The Morgan fingerprint density at radius 1 is 1.19 bits per heavy atom. The highest BCUT2D eigenvalue weighted by Gasteiger charge is 2.37. The molecule has 31 heavy (non-hydrogen) atoms. The van der Waals surface area contributed by atoms with Crippen LogP contribution in [0.1, 0.15) is 62.8 Å². The number of carbonyl (C=O) groups is 1. The molecule has 0 saturated carbocycles. The van der Waals surface area contributed by atoms with Gasteiger partial charge in [0.1, 0.15) is 11.4 Å². The first kappa shape index (κ1) is 23.4. The van der Waals surface area contributed by atoms with Gasteiger partial charge in [-0.05, 0) is 51.3 Å². The maximum Gasteiger partial charge on any atom is 0.416 e. The van der Waals surface area contributed by atoms with Crippen molar-refractivity contribution in [3.05, 3.63) is 52.1 Å². The smallest absolute Gasteiger partial charge is 0.416 e. The SMILES string of the molecule is CCc1nc(Cl)c2n1CCN(C(=O)OC(C)(C)C)C2CCc1ccc(C(F)(F)F)cc1.